The summed E-state index contributed by atoms with van der Waals surface area (Å²) >= 11 is 0. The zero-order chi connectivity index (χ0) is 19.5. The minimum absolute atomic E-state index is 0.243. The Hall–Kier alpha value is -3.68. The molecule has 28 heavy (non-hydrogen) atoms. The highest BCUT2D eigenvalue weighted by Crippen LogP contribution is 2.10. The number of anilines is 2. The third-order valence-corrected chi connectivity index (χ3v) is 4.28. The van der Waals surface area contributed by atoms with E-state index in [1.807, 2.05) is 31.2 Å². The lowest BCUT2D eigenvalue weighted by molar-refractivity contribution is 0.627. The Labute approximate surface area is 160 Å². The van der Waals surface area contributed by atoms with Crippen molar-refractivity contribution in [2.45, 2.75) is 20.0 Å². The maximum Gasteiger partial charge on any atom is 0.274 e. The molecule has 0 saturated carbocycles. The second-order valence-corrected chi connectivity index (χ2v) is 6.49. The number of hydrogen-bond acceptors (Lipinski definition) is 5. The third kappa shape index (κ3) is 4.01. The molecule has 0 unspecified atom stereocenters. The minimum Gasteiger partial charge on any atom is -0.379 e. The van der Waals surface area contributed by atoms with E-state index in [9.17, 15) is 9.18 Å². The third-order valence-electron chi connectivity index (χ3n) is 4.28. The van der Waals surface area contributed by atoms with Crippen LogP contribution in [0.4, 0.5) is 16.0 Å². The Morgan fingerprint density at radius 3 is 2.50 bits per heavy atom. The number of aryl methyl sites for hydroxylation is 1. The molecule has 4 aromatic rings. The zero-order valence-corrected chi connectivity index (χ0v) is 15.2. The predicted molar refractivity (Wildman–Crippen MR) is 106 cm³/mol. The first-order valence-corrected chi connectivity index (χ1v) is 8.84. The SMILES string of the molecule is Cc1ccc(NCc2cc(=O)n3[nH]c(NCc4ccc(F)cc4)nc3n2)cc1. The summed E-state index contributed by atoms with van der Waals surface area (Å²) in [5.41, 5.74) is 3.39. The summed E-state index contributed by atoms with van der Waals surface area (Å²) in [7, 11) is 0. The van der Waals surface area contributed by atoms with Crippen LogP contribution in [-0.2, 0) is 13.1 Å². The summed E-state index contributed by atoms with van der Waals surface area (Å²) in [4.78, 5) is 21.1. The lowest BCUT2D eigenvalue weighted by Crippen LogP contribution is -2.17. The van der Waals surface area contributed by atoms with Gasteiger partial charge in [-0.25, -0.2) is 9.37 Å². The Bertz CT molecular complexity index is 1150. The number of rotatable bonds is 6. The van der Waals surface area contributed by atoms with E-state index >= 15 is 0 Å². The summed E-state index contributed by atoms with van der Waals surface area (Å²) in [6.07, 6.45) is 0. The van der Waals surface area contributed by atoms with Gasteiger partial charge in [-0.05, 0) is 36.8 Å². The largest absolute Gasteiger partial charge is 0.379 e. The Kier molecular flexibility index (Phi) is 4.76. The minimum atomic E-state index is -0.282. The number of benzene rings is 2. The van der Waals surface area contributed by atoms with Gasteiger partial charge in [-0.3, -0.25) is 9.89 Å². The van der Waals surface area contributed by atoms with Crippen LogP contribution in [-0.4, -0.2) is 19.6 Å². The standard InChI is InChI=1S/C20H19FN6O/c1-13-2-8-16(9-3-13)22-12-17-10-18(28)27-20(24-17)25-19(26-27)23-11-14-4-6-15(21)7-5-14/h2-10,22H,11-12H2,1H3,(H2,23,24,25,26). The van der Waals surface area contributed by atoms with Gasteiger partial charge in [-0.15, -0.1) is 0 Å². The Balaban J connectivity index is 1.47. The van der Waals surface area contributed by atoms with Crippen molar-refractivity contribution in [3.8, 4) is 0 Å². The number of nitrogens with one attached hydrogen (secondary N) is 3. The lowest BCUT2D eigenvalue weighted by atomic mass is 10.2. The summed E-state index contributed by atoms with van der Waals surface area (Å²) in [5, 5.41) is 9.20. The van der Waals surface area contributed by atoms with E-state index in [0.717, 1.165) is 11.3 Å². The molecule has 4 rings (SSSR count). The Morgan fingerprint density at radius 1 is 1.00 bits per heavy atom. The molecule has 2 heterocycles. The van der Waals surface area contributed by atoms with Crippen LogP contribution in [0.25, 0.3) is 5.78 Å². The van der Waals surface area contributed by atoms with Crippen molar-refractivity contribution in [2.75, 3.05) is 10.6 Å². The van der Waals surface area contributed by atoms with Crippen molar-refractivity contribution in [2.24, 2.45) is 0 Å². The average molecular weight is 378 g/mol. The molecule has 7 nitrogen and oxygen atoms in total. The van der Waals surface area contributed by atoms with Gasteiger partial charge < -0.3 is 10.6 Å². The smallest absolute Gasteiger partial charge is 0.274 e. The van der Waals surface area contributed by atoms with Crippen LogP contribution in [0.3, 0.4) is 0 Å². The molecule has 3 N–H and O–H groups in total. The van der Waals surface area contributed by atoms with E-state index in [4.69, 9.17) is 0 Å². The number of aromatic nitrogens is 4. The van der Waals surface area contributed by atoms with E-state index in [-0.39, 0.29) is 17.2 Å². The molecule has 0 fully saturated rings. The van der Waals surface area contributed by atoms with Gasteiger partial charge in [-0.2, -0.15) is 9.50 Å². The van der Waals surface area contributed by atoms with E-state index in [1.54, 1.807) is 12.1 Å². The van der Waals surface area contributed by atoms with Crippen molar-refractivity contribution in [3.05, 3.63) is 87.6 Å². The molecule has 0 bridgehead atoms. The van der Waals surface area contributed by atoms with Crippen LogP contribution in [0.5, 0.6) is 0 Å². The normalized spacial score (nSPS) is 10.9. The molecular weight excluding hydrogens is 359 g/mol. The zero-order valence-electron chi connectivity index (χ0n) is 15.2. The highest BCUT2D eigenvalue weighted by Gasteiger charge is 2.08. The van der Waals surface area contributed by atoms with Crippen LogP contribution < -0.4 is 16.2 Å². The highest BCUT2D eigenvalue weighted by molar-refractivity contribution is 5.45. The molecule has 142 valence electrons. The first kappa shape index (κ1) is 17.7. The second kappa shape index (κ2) is 7.51. The van der Waals surface area contributed by atoms with Crippen LogP contribution in [0.1, 0.15) is 16.8 Å². The number of aromatic amines is 1. The quantitative estimate of drug-likeness (QED) is 0.480. The maximum atomic E-state index is 13.0. The van der Waals surface area contributed by atoms with E-state index < -0.39 is 0 Å². The molecule has 0 spiro atoms. The molecule has 0 aliphatic carbocycles. The van der Waals surface area contributed by atoms with Gasteiger partial charge in [0.15, 0.2) is 0 Å². The fourth-order valence-electron chi connectivity index (χ4n) is 2.75. The van der Waals surface area contributed by atoms with Crippen molar-refractivity contribution in [3.63, 3.8) is 0 Å². The van der Waals surface area contributed by atoms with Crippen LogP contribution >= 0.6 is 0 Å². The van der Waals surface area contributed by atoms with Gasteiger partial charge in [0.25, 0.3) is 11.3 Å². The fourth-order valence-corrected chi connectivity index (χ4v) is 2.75. The number of fused-ring (bicyclic) bond motifs is 1. The van der Waals surface area contributed by atoms with Crippen LogP contribution in [0.15, 0.2) is 59.4 Å². The van der Waals surface area contributed by atoms with Gasteiger partial charge in [0.1, 0.15) is 5.82 Å². The monoisotopic (exact) mass is 378 g/mol. The lowest BCUT2D eigenvalue weighted by Gasteiger charge is -2.05. The van der Waals surface area contributed by atoms with Crippen LogP contribution in [0.2, 0.25) is 0 Å². The van der Waals surface area contributed by atoms with Crippen molar-refractivity contribution in [1.82, 2.24) is 19.6 Å². The van der Waals surface area contributed by atoms with E-state index in [0.29, 0.717) is 24.7 Å². The van der Waals surface area contributed by atoms with Crippen LogP contribution in [0, 0.1) is 12.7 Å². The van der Waals surface area contributed by atoms with E-state index in [2.05, 4.69) is 25.7 Å². The first-order chi connectivity index (χ1) is 13.6. The number of H-pyrrole nitrogens is 1. The molecule has 2 aromatic heterocycles. The highest BCUT2D eigenvalue weighted by atomic mass is 19.1. The maximum absolute atomic E-state index is 13.0. The fraction of sp³-hybridized carbons (Fsp3) is 0.150. The molecule has 0 radical (unpaired) electrons. The molecule has 0 aliphatic rings. The van der Waals surface area contributed by atoms with Crippen molar-refractivity contribution < 1.29 is 4.39 Å². The molecular formula is C20H19FN6O. The first-order valence-electron chi connectivity index (χ1n) is 8.84. The molecule has 0 amide bonds. The summed E-state index contributed by atoms with van der Waals surface area (Å²) in [6, 6.07) is 15.6. The second-order valence-electron chi connectivity index (χ2n) is 6.49. The number of nitrogens with zero attached hydrogens (tertiary/aromatic N) is 3. The molecule has 8 heteroatoms. The summed E-state index contributed by atoms with van der Waals surface area (Å²) in [5.74, 6) is 0.419. The average Bonchev–Trinajstić information content (AvgIpc) is 3.11. The van der Waals surface area contributed by atoms with Gasteiger partial charge in [-0.1, -0.05) is 29.8 Å². The topological polar surface area (TPSA) is 87.1 Å². The molecule has 0 atom stereocenters. The predicted octanol–water partition coefficient (Wildman–Crippen LogP) is 3.09. The van der Waals surface area contributed by atoms with Gasteiger partial charge >= 0.3 is 0 Å². The van der Waals surface area contributed by atoms with Crippen molar-refractivity contribution >= 4 is 17.4 Å². The van der Waals surface area contributed by atoms with E-state index in [1.165, 1.54) is 28.3 Å². The summed E-state index contributed by atoms with van der Waals surface area (Å²) < 4.78 is 14.3. The summed E-state index contributed by atoms with van der Waals surface area (Å²) in [6.45, 7) is 2.89. The van der Waals surface area contributed by atoms with Gasteiger partial charge in [0.05, 0.1) is 12.2 Å². The van der Waals surface area contributed by atoms with Crippen molar-refractivity contribution in [1.29, 1.82) is 0 Å². The Morgan fingerprint density at radius 2 is 1.75 bits per heavy atom. The van der Waals surface area contributed by atoms with Gasteiger partial charge in [0, 0.05) is 18.3 Å². The molecule has 0 aliphatic heterocycles. The molecule has 2 aromatic carbocycles. The number of halogens is 1. The van der Waals surface area contributed by atoms with Gasteiger partial charge in [0.2, 0.25) is 5.95 Å². The molecule has 0 saturated heterocycles. The number of hydrogen-bond donors (Lipinski definition) is 3.